The first-order valence-electron chi connectivity index (χ1n) is 9.56. The summed E-state index contributed by atoms with van der Waals surface area (Å²) in [5.41, 5.74) is 0.415. The summed E-state index contributed by atoms with van der Waals surface area (Å²) < 4.78 is 1.87. The maximum absolute atomic E-state index is 12.2. The molecule has 1 aliphatic heterocycles. The third kappa shape index (κ3) is 5.99. The van der Waals surface area contributed by atoms with Crippen LogP contribution in [0.25, 0.3) is 0 Å². The average molecular weight is 384 g/mol. The SMILES string of the molecule is Cl.O=C(CCNC(=O)c1ccn(C2CCCNC2)n1)NC1CCCCC1. The van der Waals surface area contributed by atoms with E-state index in [9.17, 15) is 9.59 Å². The van der Waals surface area contributed by atoms with Crippen molar-refractivity contribution in [1.29, 1.82) is 0 Å². The molecule has 3 N–H and O–H groups in total. The number of amides is 2. The maximum atomic E-state index is 12.2. The van der Waals surface area contributed by atoms with Crippen molar-refractivity contribution < 1.29 is 9.59 Å². The molecule has 0 aromatic carbocycles. The summed E-state index contributed by atoms with van der Waals surface area (Å²) in [6.45, 7) is 2.29. The monoisotopic (exact) mass is 383 g/mol. The van der Waals surface area contributed by atoms with E-state index in [0.29, 0.717) is 30.7 Å². The molecule has 1 saturated carbocycles. The van der Waals surface area contributed by atoms with E-state index < -0.39 is 0 Å². The number of hydrogen-bond donors (Lipinski definition) is 3. The van der Waals surface area contributed by atoms with Crippen LogP contribution in [0.4, 0.5) is 0 Å². The maximum Gasteiger partial charge on any atom is 0.271 e. The molecule has 1 aliphatic carbocycles. The molecule has 0 bridgehead atoms. The van der Waals surface area contributed by atoms with Crippen LogP contribution >= 0.6 is 12.4 Å². The quantitative estimate of drug-likeness (QED) is 0.698. The number of aromatic nitrogens is 2. The van der Waals surface area contributed by atoms with Crippen molar-refractivity contribution in [2.24, 2.45) is 0 Å². The van der Waals surface area contributed by atoms with Crippen LogP contribution in [-0.2, 0) is 4.79 Å². The molecule has 0 radical (unpaired) electrons. The highest BCUT2D eigenvalue weighted by atomic mass is 35.5. The van der Waals surface area contributed by atoms with Crippen LogP contribution in [0.15, 0.2) is 12.3 Å². The molecule has 1 aromatic heterocycles. The molecule has 8 heteroatoms. The Morgan fingerprint density at radius 2 is 2.00 bits per heavy atom. The Morgan fingerprint density at radius 3 is 2.73 bits per heavy atom. The Balaban J connectivity index is 0.00000243. The number of hydrogen-bond acceptors (Lipinski definition) is 4. The number of rotatable bonds is 6. The molecule has 3 rings (SSSR count). The highest BCUT2D eigenvalue weighted by molar-refractivity contribution is 5.92. The number of carbonyl (C=O) groups is 2. The largest absolute Gasteiger partial charge is 0.353 e. The van der Waals surface area contributed by atoms with Gasteiger partial charge in [-0.25, -0.2) is 0 Å². The van der Waals surface area contributed by atoms with Gasteiger partial charge in [0.25, 0.3) is 5.91 Å². The summed E-state index contributed by atoms with van der Waals surface area (Å²) in [6.07, 6.45) is 10.2. The second-order valence-corrected chi connectivity index (χ2v) is 7.09. The summed E-state index contributed by atoms with van der Waals surface area (Å²) in [5, 5.41) is 13.6. The Hall–Kier alpha value is -1.60. The summed E-state index contributed by atoms with van der Waals surface area (Å²) in [7, 11) is 0. The average Bonchev–Trinajstić information content (AvgIpc) is 3.13. The highest BCUT2D eigenvalue weighted by Gasteiger charge is 2.18. The molecule has 26 heavy (non-hydrogen) atoms. The number of nitrogens with zero attached hydrogens (tertiary/aromatic N) is 2. The molecule has 2 aliphatic rings. The molecule has 1 unspecified atom stereocenters. The van der Waals surface area contributed by atoms with E-state index in [0.717, 1.165) is 38.8 Å². The van der Waals surface area contributed by atoms with E-state index in [1.807, 2.05) is 10.9 Å². The third-order valence-electron chi connectivity index (χ3n) is 5.09. The predicted molar refractivity (Wildman–Crippen MR) is 103 cm³/mol. The van der Waals surface area contributed by atoms with Gasteiger partial charge in [-0.1, -0.05) is 19.3 Å². The van der Waals surface area contributed by atoms with Gasteiger partial charge in [0, 0.05) is 31.7 Å². The smallest absolute Gasteiger partial charge is 0.271 e. The normalized spacial score (nSPS) is 20.8. The van der Waals surface area contributed by atoms with E-state index in [1.54, 1.807) is 6.07 Å². The fraction of sp³-hybridized carbons (Fsp3) is 0.722. The molecular formula is C18H30ClN5O2. The standard InChI is InChI=1S/C18H29N5O2.ClH/c24-17(21-14-5-2-1-3-6-14)8-11-20-18(25)16-9-12-23(22-16)15-7-4-10-19-13-15;/h9,12,14-15,19H,1-8,10-11,13H2,(H,20,25)(H,21,24);1H. The first-order chi connectivity index (χ1) is 12.2. The predicted octanol–water partition coefficient (Wildman–Crippen LogP) is 1.80. The van der Waals surface area contributed by atoms with Gasteiger partial charge in [-0.3, -0.25) is 14.3 Å². The first kappa shape index (κ1) is 20.7. The molecule has 1 saturated heterocycles. The van der Waals surface area contributed by atoms with Crippen LogP contribution in [0.1, 0.15) is 67.9 Å². The van der Waals surface area contributed by atoms with Gasteiger partial charge in [-0.05, 0) is 38.3 Å². The van der Waals surface area contributed by atoms with E-state index in [1.165, 1.54) is 19.3 Å². The fourth-order valence-corrected chi connectivity index (χ4v) is 3.65. The molecule has 1 aromatic rings. The van der Waals surface area contributed by atoms with Crippen LogP contribution in [0.2, 0.25) is 0 Å². The van der Waals surface area contributed by atoms with E-state index in [-0.39, 0.29) is 24.2 Å². The first-order valence-corrected chi connectivity index (χ1v) is 9.56. The molecule has 2 fully saturated rings. The minimum absolute atomic E-state index is 0. The van der Waals surface area contributed by atoms with E-state index >= 15 is 0 Å². The second-order valence-electron chi connectivity index (χ2n) is 7.09. The minimum Gasteiger partial charge on any atom is -0.353 e. The molecule has 1 atom stereocenters. The minimum atomic E-state index is -0.215. The van der Waals surface area contributed by atoms with Gasteiger partial charge in [0.05, 0.1) is 6.04 Å². The molecule has 0 spiro atoms. The van der Waals surface area contributed by atoms with Crippen LogP contribution in [-0.4, -0.2) is 47.3 Å². The number of halogens is 1. The third-order valence-corrected chi connectivity index (χ3v) is 5.09. The number of nitrogens with one attached hydrogen (secondary N) is 3. The van der Waals surface area contributed by atoms with Crippen molar-refractivity contribution >= 4 is 24.2 Å². The highest BCUT2D eigenvalue weighted by Crippen LogP contribution is 2.17. The van der Waals surface area contributed by atoms with Gasteiger partial charge in [0.15, 0.2) is 0 Å². The zero-order chi connectivity index (χ0) is 17.5. The van der Waals surface area contributed by atoms with Crippen molar-refractivity contribution in [2.75, 3.05) is 19.6 Å². The van der Waals surface area contributed by atoms with Crippen LogP contribution in [0.5, 0.6) is 0 Å². The summed E-state index contributed by atoms with van der Waals surface area (Å²) in [6, 6.07) is 2.37. The summed E-state index contributed by atoms with van der Waals surface area (Å²) in [4.78, 5) is 24.1. The van der Waals surface area contributed by atoms with Crippen LogP contribution in [0.3, 0.4) is 0 Å². The molecule has 2 amide bonds. The molecule has 7 nitrogen and oxygen atoms in total. The van der Waals surface area contributed by atoms with Crippen LogP contribution in [0, 0.1) is 0 Å². The lowest BCUT2D eigenvalue weighted by Crippen LogP contribution is -2.38. The lowest BCUT2D eigenvalue weighted by atomic mass is 9.95. The lowest BCUT2D eigenvalue weighted by Gasteiger charge is -2.23. The molecule has 146 valence electrons. The Bertz CT molecular complexity index is 580. The van der Waals surface area contributed by atoms with Gasteiger partial charge in [0.2, 0.25) is 5.91 Å². The van der Waals surface area contributed by atoms with Crippen molar-refractivity contribution in [3.63, 3.8) is 0 Å². The zero-order valence-corrected chi connectivity index (χ0v) is 16.0. The van der Waals surface area contributed by atoms with E-state index in [4.69, 9.17) is 0 Å². The van der Waals surface area contributed by atoms with Crippen molar-refractivity contribution in [2.45, 2.75) is 63.5 Å². The van der Waals surface area contributed by atoms with E-state index in [2.05, 4.69) is 21.0 Å². The van der Waals surface area contributed by atoms with Crippen molar-refractivity contribution in [3.05, 3.63) is 18.0 Å². The summed E-state index contributed by atoms with van der Waals surface area (Å²) >= 11 is 0. The summed E-state index contributed by atoms with van der Waals surface area (Å²) in [5.74, 6) is -0.195. The fourth-order valence-electron chi connectivity index (χ4n) is 3.65. The van der Waals surface area contributed by atoms with Gasteiger partial charge in [-0.15, -0.1) is 12.4 Å². The second kappa shape index (κ2) is 10.5. The number of carbonyl (C=O) groups excluding carboxylic acids is 2. The number of piperidine rings is 1. The Morgan fingerprint density at radius 1 is 1.19 bits per heavy atom. The molecular weight excluding hydrogens is 354 g/mol. The Kier molecular flexibility index (Phi) is 8.38. The van der Waals surface area contributed by atoms with Gasteiger partial charge in [0.1, 0.15) is 5.69 Å². The molecule has 2 heterocycles. The van der Waals surface area contributed by atoms with Crippen LogP contribution < -0.4 is 16.0 Å². The van der Waals surface area contributed by atoms with Crippen molar-refractivity contribution in [1.82, 2.24) is 25.7 Å². The van der Waals surface area contributed by atoms with Crippen molar-refractivity contribution in [3.8, 4) is 0 Å². The Labute approximate surface area is 161 Å². The van der Waals surface area contributed by atoms with Gasteiger partial charge < -0.3 is 16.0 Å². The topological polar surface area (TPSA) is 88.1 Å². The zero-order valence-electron chi connectivity index (χ0n) is 15.2. The van der Waals surface area contributed by atoms with Gasteiger partial charge >= 0.3 is 0 Å². The lowest BCUT2D eigenvalue weighted by molar-refractivity contribution is -0.121. The van der Waals surface area contributed by atoms with Gasteiger partial charge in [-0.2, -0.15) is 5.10 Å².